The Balaban J connectivity index is 1.37. The van der Waals surface area contributed by atoms with Crippen molar-refractivity contribution >= 4 is 22.6 Å². The van der Waals surface area contributed by atoms with Crippen molar-refractivity contribution in [2.45, 2.75) is 38.0 Å². The number of amides is 1. The molecule has 2 aromatic carbocycles. The average molecular weight is 430 g/mol. The minimum absolute atomic E-state index is 0.0746. The molecule has 2 N–H and O–H groups in total. The fraction of sp³-hybridized carbons (Fsp3) is 0.385. The maximum atomic E-state index is 13.8. The number of pyridine rings is 1. The number of rotatable bonds is 2. The Hall–Kier alpha value is -2.96. The fourth-order valence-electron chi connectivity index (χ4n) is 5.85. The molecule has 1 amide bonds. The van der Waals surface area contributed by atoms with E-state index in [1.165, 1.54) is 5.56 Å². The third kappa shape index (κ3) is 3.01. The number of carbonyl (C=O) groups excluding carboxylic acids is 1. The van der Waals surface area contributed by atoms with Gasteiger partial charge in [0.05, 0.1) is 24.8 Å². The molecule has 0 radical (unpaired) electrons. The lowest BCUT2D eigenvalue weighted by Gasteiger charge is -2.32. The van der Waals surface area contributed by atoms with Crippen LogP contribution in [-0.2, 0) is 16.1 Å². The minimum atomic E-state index is -0.0746. The molecule has 1 aromatic heterocycles. The van der Waals surface area contributed by atoms with Gasteiger partial charge >= 0.3 is 0 Å². The number of nitrogen functional groups attached to an aromatic ring is 1. The maximum Gasteiger partial charge on any atom is 0.254 e. The predicted molar refractivity (Wildman–Crippen MR) is 122 cm³/mol. The van der Waals surface area contributed by atoms with Crippen LogP contribution in [-0.4, -0.2) is 41.6 Å². The molecule has 3 aliphatic heterocycles. The van der Waals surface area contributed by atoms with Gasteiger partial charge in [-0.05, 0) is 42.7 Å². The Morgan fingerprint density at radius 1 is 1.19 bits per heavy atom. The van der Waals surface area contributed by atoms with Gasteiger partial charge in [0.15, 0.2) is 0 Å². The number of fused-ring (bicyclic) bond motifs is 4. The summed E-state index contributed by atoms with van der Waals surface area (Å²) in [4.78, 5) is 20.4. The maximum absolute atomic E-state index is 13.8. The quantitative estimate of drug-likeness (QED) is 0.665. The van der Waals surface area contributed by atoms with E-state index in [0.717, 1.165) is 35.0 Å². The van der Waals surface area contributed by atoms with E-state index in [9.17, 15) is 4.79 Å². The van der Waals surface area contributed by atoms with Crippen molar-refractivity contribution in [1.82, 2.24) is 9.88 Å². The molecular formula is C26H27N3O3. The van der Waals surface area contributed by atoms with Gasteiger partial charge in [0.2, 0.25) is 0 Å². The van der Waals surface area contributed by atoms with Gasteiger partial charge in [-0.1, -0.05) is 30.3 Å². The highest BCUT2D eigenvalue weighted by atomic mass is 16.5. The normalized spacial score (nSPS) is 26.8. The highest BCUT2D eigenvalue weighted by Crippen LogP contribution is 2.42. The van der Waals surface area contributed by atoms with E-state index in [1.54, 1.807) is 0 Å². The zero-order chi connectivity index (χ0) is 21.8. The number of anilines is 1. The topological polar surface area (TPSA) is 77.7 Å². The lowest BCUT2D eigenvalue weighted by Crippen LogP contribution is -2.42. The number of carbonyl (C=O) groups is 1. The molecule has 0 aliphatic carbocycles. The highest BCUT2D eigenvalue weighted by molar-refractivity contribution is 5.99. The SMILES string of the molecule is C[C@H]1OCc2c1c(N)nc1ccc(C(=O)N3C[C@@H](c4ccccc4)[C@H]4COCC[C@H]43)cc21. The summed E-state index contributed by atoms with van der Waals surface area (Å²) in [5.74, 6) is 1.23. The van der Waals surface area contributed by atoms with E-state index >= 15 is 0 Å². The van der Waals surface area contributed by atoms with Crippen LogP contribution in [0.3, 0.4) is 0 Å². The molecule has 0 saturated carbocycles. The standard InChI is InChI=1S/C26H27N3O3/c1-15-24-21(14-32-15)18-11-17(7-8-22(18)28-25(24)27)26(30)29-12-19(16-5-3-2-4-6-16)20-13-31-10-9-23(20)29/h2-8,11,15,19-20,23H,9-10,12-14H2,1H3,(H2,27,28)/t15-,19+,20-,23-/m1/s1. The molecule has 4 heterocycles. The van der Waals surface area contributed by atoms with E-state index < -0.39 is 0 Å². The van der Waals surface area contributed by atoms with Crippen molar-refractivity contribution in [1.29, 1.82) is 0 Å². The zero-order valence-corrected chi connectivity index (χ0v) is 18.2. The molecule has 4 atom stereocenters. The van der Waals surface area contributed by atoms with Crippen LogP contribution in [0.5, 0.6) is 0 Å². The lowest BCUT2D eigenvalue weighted by atomic mass is 9.84. The first-order valence-electron chi connectivity index (χ1n) is 11.4. The van der Waals surface area contributed by atoms with Crippen molar-refractivity contribution < 1.29 is 14.3 Å². The third-order valence-electron chi connectivity index (χ3n) is 7.46. The molecule has 2 fully saturated rings. The molecule has 0 spiro atoms. The summed E-state index contributed by atoms with van der Waals surface area (Å²) in [6.07, 6.45) is 0.807. The Labute approximate surface area is 187 Å². The van der Waals surface area contributed by atoms with E-state index in [0.29, 0.717) is 43.0 Å². The molecule has 6 rings (SSSR count). The Bertz CT molecular complexity index is 1200. The van der Waals surface area contributed by atoms with Gasteiger partial charge in [0, 0.05) is 47.5 Å². The molecule has 2 saturated heterocycles. The summed E-state index contributed by atoms with van der Waals surface area (Å²) in [6, 6.07) is 16.5. The van der Waals surface area contributed by atoms with Gasteiger partial charge in [0.25, 0.3) is 5.91 Å². The van der Waals surface area contributed by atoms with Crippen LogP contribution in [0.2, 0.25) is 0 Å². The second-order valence-corrected chi connectivity index (χ2v) is 9.14. The van der Waals surface area contributed by atoms with Gasteiger partial charge in [-0.25, -0.2) is 4.98 Å². The number of hydrogen-bond donors (Lipinski definition) is 1. The molecular weight excluding hydrogens is 402 g/mol. The first-order valence-corrected chi connectivity index (χ1v) is 11.4. The summed E-state index contributed by atoms with van der Waals surface area (Å²) in [7, 11) is 0. The van der Waals surface area contributed by atoms with Crippen LogP contribution in [0, 0.1) is 5.92 Å². The summed E-state index contributed by atoms with van der Waals surface area (Å²) < 4.78 is 11.6. The van der Waals surface area contributed by atoms with E-state index in [1.807, 2.05) is 31.2 Å². The fourth-order valence-corrected chi connectivity index (χ4v) is 5.85. The summed E-state index contributed by atoms with van der Waals surface area (Å²) in [6.45, 7) is 4.62. The van der Waals surface area contributed by atoms with Gasteiger partial charge in [-0.2, -0.15) is 0 Å². The molecule has 3 aliphatic rings. The first-order chi connectivity index (χ1) is 15.6. The van der Waals surface area contributed by atoms with Crippen molar-refractivity contribution in [3.63, 3.8) is 0 Å². The minimum Gasteiger partial charge on any atom is -0.383 e. The number of nitrogens with zero attached hydrogens (tertiary/aromatic N) is 2. The molecule has 6 nitrogen and oxygen atoms in total. The summed E-state index contributed by atoms with van der Waals surface area (Å²) in [5, 5.41) is 0.965. The number of benzene rings is 2. The van der Waals surface area contributed by atoms with Gasteiger partial charge in [0.1, 0.15) is 5.82 Å². The first kappa shape index (κ1) is 19.7. The number of nitrogens with two attached hydrogens (primary N) is 1. The number of hydrogen-bond acceptors (Lipinski definition) is 5. The highest BCUT2D eigenvalue weighted by Gasteiger charge is 2.46. The van der Waals surface area contributed by atoms with Crippen LogP contribution in [0.4, 0.5) is 5.82 Å². The second kappa shape index (κ2) is 7.57. The molecule has 0 bridgehead atoms. The summed E-state index contributed by atoms with van der Waals surface area (Å²) >= 11 is 0. The monoisotopic (exact) mass is 429 g/mol. The second-order valence-electron chi connectivity index (χ2n) is 9.14. The van der Waals surface area contributed by atoms with Gasteiger partial charge in [-0.3, -0.25) is 4.79 Å². The molecule has 164 valence electrons. The Morgan fingerprint density at radius 3 is 2.88 bits per heavy atom. The van der Waals surface area contributed by atoms with E-state index in [2.05, 4.69) is 34.1 Å². The van der Waals surface area contributed by atoms with Gasteiger partial charge < -0.3 is 20.1 Å². The van der Waals surface area contributed by atoms with E-state index in [-0.39, 0.29) is 18.1 Å². The number of aromatic nitrogens is 1. The van der Waals surface area contributed by atoms with Gasteiger partial charge in [-0.15, -0.1) is 0 Å². The Morgan fingerprint density at radius 2 is 2.03 bits per heavy atom. The molecule has 32 heavy (non-hydrogen) atoms. The predicted octanol–water partition coefficient (Wildman–Crippen LogP) is 4.05. The smallest absolute Gasteiger partial charge is 0.254 e. The van der Waals surface area contributed by atoms with Crippen LogP contribution >= 0.6 is 0 Å². The van der Waals surface area contributed by atoms with Crippen molar-refractivity contribution in [3.8, 4) is 0 Å². The van der Waals surface area contributed by atoms with Crippen molar-refractivity contribution in [3.05, 3.63) is 70.8 Å². The van der Waals surface area contributed by atoms with Crippen molar-refractivity contribution in [2.75, 3.05) is 25.5 Å². The third-order valence-corrected chi connectivity index (χ3v) is 7.46. The van der Waals surface area contributed by atoms with Crippen LogP contribution in [0.1, 0.15) is 52.4 Å². The lowest BCUT2D eigenvalue weighted by molar-refractivity contribution is 0.0189. The van der Waals surface area contributed by atoms with Crippen molar-refractivity contribution in [2.24, 2.45) is 5.92 Å². The van der Waals surface area contributed by atoms with Crippen LogP contribution < -0.4 is 5.73 Å². The zero-order valence-electron chi connectivity index (χ0n) is 18.2. The van der Waals surface area contributed by atoms with E-state index in [4.69, 9.17) is 15.2 Å². The average Bonchev–Trinajstić information content (AvgIpc) is 3.41. The largest absolute Gasteiger partial charge is 0.383 e. The van der Waals surface area contributed by atoms with Crippen LogP contribution in [0.25, 0.3) is 10.9 Å². The molecule has 0 unspecified atom stereocenters. The summed E-state index contributed by atoms with van der Waals surface area (Å²) in [5.41, 5.74) is 11.0. The number of ether oxygens (including phenoxy) is 2. The Kier molecular flexibility index (Phi) is 4.66. The molecule has 3 aromatic rings. The van der Waals surface area contributed by atoms with Crippen LogP contribution in [0.15, 0.2) is 48.5 Å². The number of likely N-dealkylation sites (tertiary alicyclic amines) is 1. The molecule has 6 heteroatoms.